The molecule has 0 rings (SSSR count). The zero-order valence-electron chi connectivity index (χ0n) is 9.57. The first-order chi connectivity index (χ1) is 7.14. The van der Waals surface area contributed by atoms with Crippen molar-refractivity contribution < 1.29 is 13.3 Å². The van der Waals surface area contributed by atoms with Crippen LogP contribution < -0.4 is 17.2 Å². The van der Waals surface area contributed by atoms with Gasteiger partial charge in [0.05, 0.1) is 6.23 Å². The Balaban J connectivity index is 4.21. The third-order valence-electron chi connectivity index (χ3n) is 2.09. The maximum absolute atomic E-state index is 5.73. The highest BCUT2D eigenvalue weighted by Gasteiger charge is 2.39. The van der Waals surface area contributed by atoms with Gasteiger partial charge in [-0.1, -0.05) is 0 Å². The Morgan fingerprint density at radius 2 is 1.73 bits per heavy atom. The van der Waals surface area contributed by atoms with Crippen molar-refractivity contribution >= 4 is 8.80 Å². The van der Waals surface area contributed by atoms with Crippen molar-refractivity contribution in [3.05, 3.63) is 0 Å². The minimum Gasteiger partial charge on any atom is -0.377 e. The highest BCUT2D eigenvalue weighted by molar-refractivity contribution is 6.60. The molecule has 0 bridgehead atoms. The van der Waals surface area contributed by atoms with Gasteiger partial charge in [0.1, 0.15) is 0 Å². The molecular formula is C8H23N3O3Si. The van der Waals surface area contributed by atoms with Crippen LogP contribution in [0.25, 0.3) is 0 Å². The van der Waals surface area contributed by atoms with Gasteiger partial charge in [-0.15, -0.1) is 0 Å². The van der Waals surface area contributed by atoms with Gasteiger partial charge in [0.2, 0.25) is 0 Å². The summed E-state index contributed by atoms with van der Waals surface area (Å²) in [6.07, 6.45) is 0.951. The Hall–Kier alpha value is -0.0231. The van der Waals surface area contributed by atoms with Gasteiger partial charge in [0.15, 0.2) is 0 Å². The van der Waals surface area contributed by atoms with E-state index in [1.165, 1.54) is 0 Å². The Bertz CT molecular complexity index is 158. The Morgan fingerprint density at radius 3 is 2.13 bits per heavy atom. The highest BCUT2D eigenvalue weighted by Crippen LogP contribution is 2.17. The van der Waals surface area contributed by atoms with E-state index in [2.05, 4.69) is 0 Å². The Morgan fingerprint density at radius 1 is 1.13 bits per heavy atom. The fourth-order valence-electron chi connectivity index (χ4n) is 1.22. The summed E-state index contributed by atoms with van der Waals surface area (Å²) in [7, 11) is 0.516. The van der Waals surface area contributed by atoms with E-state index in [0.717, 1.165) is 6.42 Å². The minimum atomic E-state index is -2.63. The van der Waals surface area contributed by atoms with Crippen molar-refractivity contribution in [2.24, 2.45) is 17.2 Å². The van der Waals surface area contributed by atoms with E-state index < -0.39 is 15.0 Å². The van der Waals surface area contributed by atoms with Crippen LogP contribution in [0.15, 0.2) is 0 Å². The van der Waals surface area contributed by atoms with Crippen molar-refractivity contribution in [3.63, 3.8) is 0 Å². The van der Waals surface area contributed by atoms with E-state index in [0.29, 0.717) is 25.6 Å². The van der Waals surface area contributed by atoms with Crippen LogP contribution in [-0.2, 0) is 13.3 Å². The lowest BCUT2D eigenvalue weighted by molar-refractivity contribution is 0.0547. The van der Waals surface area contributed by atoms with Crippen molar-refractivity contribution in [1.82, 2.24) is 0 Å². The van der Waals surface area contributed by atoms with Crippen molar-refractivity contribution in [1.29, 1.82) is 0 Å². The second-order valence-corrected chi connectivity index (χ2v) is 6.14. The largest absolute Gasteiger partial charge is 0.501 e. The molecule has 92 valence electrons. The lowest BCUT2D eigenvalue weighted by Gasteiger charge is -2.29. The molecule has 0 heterocycles. The quantitative estimate of drug-likeness (QED) is 0.359. The van der Waals surface area contributed by atoms with Crippen LogP contribution in [0, 0.1) is 0 Å². The average Bonchev–Trinajstić information content (AvgIpc) is 2.25. The van der Waals surface area contributed by atoms with Crippen LogP contribution in [0.2, 0.25) is 6.04 Å². The highest BCUT2D eigenvalue weighted by atomic mass is 28.4. The van der Waals surface area contributed by atoms with E-state index in [4.69, 9.17) is 30.5 Å². The summed E-state index contributed by atoms with van der Waals surface area (Å²) in [4.78, 5) is 0. The lowest BCUT2D eigenvalue weighted by atomic mass is 10.4. The molecule has 0 fully saturated rings. The lowest BCUT2D eigenvalue weighted by Crippen LogP contribution is -2.49. The molecular weight excluding hydrogens is 214 g/mol. The zero-order valence-corrected chi connectivity index (χ0v) is 10.6. The summed E-state index contributed by atoms with van der Waals surface area (Å²) in [5, 5.41) is 0. The van der Waals surface area contributed by atoms with Gasteiger partial charge in [-0.3, -0.25) is 0 Å². The van der Waals surface area contributed by atoms with Gasteiger partial charge in [-0.2, -0.15) is 0 Å². The van der Waals surface area contributed by atoms with Gasteiger partial charge in [0.25, 0.3) is 0 Å². The molecule has 0 saturated heterocycles. The first-order valence-electron chi connectivity index (χ1n) is 5.08. The van der Waals surface area contributed by atoms with Gasteiger partial charge < -0.3 is 30.5 Å². The van der Waals surface area contributed by atoms with Gasteiger partial charge in [0, 0.05) is 20.3 Å². The normalized spacial score (nSPS) is 14.2. The standard InChI is InChI=1S/C8H23N3O3Si/c1-12-15(13-2,7-3-5-9)14-8(11)4-6-10/h8H,3-7,9-11H2,1-2H3. The van der Waals surface area contributed by atoms with Gasteiger partial charge >= 0.3 is 8.80 Å². The Kier molecular flexibility index (Phi) is 8.15. The van der Waals surface area contributed by atoms with Crippen molar-refractivity contribution in [3.8, 4) is 0 Å². The number of hydrogen-bond acceptors (Lipinski definition) is 6. The molecule has 0 aliphatic heterocycles. The topological polar surface area (TPSA) is 106 Å². The SMILES string of the molecule is CO[Si](CCCN)(OC)OC(N)CCN. The molecule has 0 saturated carbocycles. The molecule has 0 aliphatic rings. The fraction of sp³-hybridized carbons (Fsp3) is 1.00. The summed E-state index contributed by atoms with van der Waals surface area (Å²) in [6.45, 7) is 1.06. The third-order valence-corrected chi connectivity index (χ3v) is 4.96. The van der Waals surface area contributed by atoms with E-state index in [-0.39, 0.29) is 0 Å². The molecule has 0 amide bonds. The molecule has 6 nitrogen and oxygen atoms in total. The monoisotopic (exact) mass is 237 g/mol. The predicted molar refractivity (Wildman–Crippen MR) is 61.0 cm³/mol. The molecule has 0 aromatic carbocycles. The van der Waals surface area contributed by atoms with Crippen LogP contribution in [0.1, 0.15) is 12.8 Å². The number of rotatable bonds is 9. The maximum atomic E-state index is 5.73. The summed E-state index contributed by atoms with van der Waals surface area (Å²) in [5.74, 6) is 0. The van der Waals surface area contributed by atoms with Crippen molar-refractivity contribution in [2.75, 3.05) is 27.3 Å². The molecule has 1 atom stereocenters. The summed E-state index contributed by atoms with van der Waals surface area (Å²) >= 11 is 0. The van der Waals surface area contributed by atoms with Crippen LogP contribution in [0.4, 0.5) is 0 Å². The minimum absolute atomic E-state index is 0.431. The average molecular weight is 237 g/mol. The fourth-order valence-corrected chi connectivity index (χ4v) is 3.32. The van der Waals surface area contributed by atoms with Crippen LogP contribution in [-0.4, -0.2) is 42.3 Å². The molecule has 0 spiro atoms. The summed E-state index contributed by atoms with van der Waals surface area (Å²) in [5.41, 5.74) is 16.6. The summed E-state index contributed by atoms with van der Waals surface area (Å²) in [6, 6.07) is 0.675. The maximum Gasteiger partial charge on any atom is 0.501 e. The van der Waals surface area contributed by atoms with E-state index in [9.17, 15) is 0 Å². The van der Waals surface area contributed by atoms with Crippen LogP contribution in [0.3, 0.4) is 0 Å². The Labute approximate surface area is 92.4 Å². The first-order valence-corrected chi connectivity index (χ1v) is 7.01. The van der Waals surface area contributed by atoms with Crippen LogP contribution in [0.5, 0.6) is 0 Å². The second-order valence-electron chi connectivity index (χ2n) is 3.22. The summed E-state index contributed by atoms with van der Waals surface area (Å²) < 4.78 is 16.3. The van der Waals surface area contributed by atoms with E-state index >= 15 is 0 Å². The molecule has 0 aromatic heterocycles. The molecule has 15 heavy (non-hydrogen) atoms. The molecule has 0 radical (unpaired) electrons. The number of hydrogen-bond donors (Lipinski definition) is 3. The third kappa shape index (κ3) is 5.57. The molecule has 1 unspecified atom stereocenters. The van der Waals surface area contributed by atoms with Gasteiger partial charge in [-0.05, 0) is 25.9 Å². The molecule has 7 heteroatoms. The zero-order chi connectivity index (χ0) is 11.7. The smallest absolute Gasteiger partial charge is 0.377 e. The van der Waals surface area contributed by atoms with E-state index in [1.807, 2.05) is 0 Å². The van der Waals surface area contributed by atoms with Gasteiger partial charge in [-0.25, -0.2) is 0 Å². The van der Waals surface area contributed by atoms with E-state index in [1.54, 1.807) is 14.2 Å². The predicted octanol–water partition coefficient (Wildman–Crippen LogP) is -0.783. The van der Waals surface area contributed by atoms with Crippen LogP contribution >= 0.6 is 0 Å². The molecule has 0 aromatic rings. The molecule has 0 aliphatic carbocycles. The number of nitrogens with two attached hydrogens (primary N) is 3. The van der Waals surface area contributed by atoms with Crippen molar-refractivity contribution in [2.45, 2.75) is 25.1 Å². The first kappa shape index (κ1) is 15.0. The second kappa shape index (κ2) is 8.17. The molecule has 6 N–H and O–H groups in total.